The summed E-state index contributed by atoms with van der Waals surface area (Å²) in [4.78, 5) is 4.60. The van der Waals surface area contributed by atoms with Crippen molar-refractivity contribution in [1.82, 2.24) is 9.55 Å². The number of imidazole rings is 1. The van der Waals surface area contributed by atoms with Gasteiger partial charge in [0.1, 0.15) is 11.6 Å². The zero-order valence-corrected chi connectivity index (χ0v) is 13.2. The van der Waals surface area contributed by atoms with Crippen LogP contribution in [0.25, 0.3) is 11.0 Å². The second-order valence-electron chi connectivity index (χ2n) is 6.04. The number of halogens is 2. The van der Waals surface area contributed by atoms with Crippen molar-refractivity contribution >= 4 is 22.6 Å². The smallest absolute Gasteiger partial charge is 0.125 e. The molecule has 0 aliphatic heterocycles. The van der Waals surface area contributed by atoms with Gasteiger partial charge in [-0.15, -0.1) is 11.6 Å². The van der Waals surface area contributed by atoms with Crippen LogP contribution in [0.5, 0.6) is 0 Å². The van der Waals surface area contributed by atoms with Gasteiger partial charge in [0.25, 0.3) is 0 Å². The Hall–Kier alpha value is -1.09. The van der Waals surface area contributed by atoms with E-state index in [9.17, 15) is 4.39 Å². The van der Waals surface area contributed by atoms with Gasteiger partial charge in [0.05, 0.1) is 16.9 Å². The molecule has 0 N–H and O–H groups in total. The van der Waals surface area contributed by atoms with Gasteiger partial charge >= 0.3 is 0 Å². The molecular weight excluding hydrogens is 287 g/mol. The number of aromatic nitrogens is 2. The molecule has 3 rings (SSSR count). The van der Waals surface area contributed by atoms with Crippen molar-refractivity contribution in [2.75, 3.05) is 0 Å². The molecule has 4 heteroatoms. The van der Waals surface area contributed by atoms with Crippen LogP contribution in [0.2, 0.25) is 0 Å². The van der Waals surface area contributed by atoms with Gasteiger partial charge in [0, 0.05) is 6.04 Å². The number of hydrogen-bond acceptors (Lipinski definition) is 1. The zero-order chi connectivity index (χ0) is 14.8. The van der Waals surface area contributed by atoms with Gasteiger partial charge in [-0.2, -0.15) is 0 Å². The lowest BCUT2D eigenvalue weighted by molar-refractivity contribution is 0.244. The molecule has 0 saturated heterocycles. The third-order valence-electron chi connectivity index (χ3n) is 4.79. The van der Waals surface area contributed by atoms with Gasteiger partial charge in [0.2, 0.25) is 0 Å². The second-order valence-corrected chi connectivity index (χ2v) is 6.31. The lowest BCUT2D eigenvalue weighted by Crippen LogP contribution is -2.22. The molecule has 0 spiro atoms. The summed E-state index contributed by atoms with van der Waals surface area (Å²) in [6.45, 7) is 2.21. The first-order valence-electron chi connectivity index (χ1n) is 7.97. The van der Waals surface area contributed by atoms with Crippen LogP contribution in [0.4, 0.5) is 4.39 Å². The average molecular weight is 309 g/mol. The molecule has 1 saturated carbocycles. The van der Waals surface area contributed by atoms with Crippen LogP contribution < -0.4 is 0 Å². The van der Waals surface area contributed by atoms with Crippen LogP contribution >= 0.6 is 11.6 Å². The Morgan fingerprint density at radius 3 is 2.76 bits per heavy atom. The summed E-state index contributed by atoms with van der Waals surface area (Å²) in [5.41, 5.74) is 1.74. The number of benzene rings is 1. The van der Waals surface area contributed by atoms with Crippen LogP contribution in [-0.4, -0.2) is 9.55 Å². The standard InChI is InChI=1S/C17H22ClFN2/c1-2-15(12-6-4-3-5-7-12)21-16-10-13(19)8-9-14(16)20-17(21)11-18/h8-10,12,15H,2-7,11H2,1H3. The maximum Gasteiger partial charge on any atom is 0.125 e. The summed E-state index contributed by atoms with van der Waals surface area (Å²) < 4.78 is 15.9. The summed E-state index contributed by atoms with van der Waals surface area (Å²) in [5, 5.41) is 0. The minimum Gasteiger partial charge on any atom is -0.323 e. The molecule has 1 aliphatic carbocycles. The Kier molecular flexibility index (Phi) is 4.48. The van der Waals surface area contributed by atoms with Crippen LogP contribution in [0.3, 0.4) is 0 Å². The van der Waals surface area contributed by atoms with E-state index >= 15 is 0 Å². The van der Waals surface area contributed by atoms with Gasteiger partial charge in [0.15, 0.2) is 0 Å². The van der Waals surface area contributed by atoms with Gasteiger partial charge in [-0.1, -0.05) is 26.2 Å². The van der Waals surface area contributed by atoms with E-state index in [0.29, 0.717) is 17.8 Å². The number of rotatable bonds is 4. The lowest BCUT2D eigenvalue weighted by Gasteiger charge is -2.32. The molecule has 1 aromatic carbocycles. The maximum atomic E-state index is 13.7. The highest BCUT2D eigenvalue weighted by Gasteiger charge is 2.27. The summed E-state index contributed by atoms with van der Waals surface area (Å²) >= 11 is 6.11. The van der Waals surface area contributed by atoms with Crippen molar-refractivity contribution < 1.29 is 4.39 Å². The average Bonchev–Trinajstić information content (AvgIpc) is 2.87. The predicted octanol–water partition coefficient (Wildman–Crippen LogP) is 5.45. The highest BCUT2D eigenvalue weighted by atomic mass is 35.5. The first kappa shape index (κ1) is 14.8. The second kappa shape index (κ2) is 6.35. The molecule has 2 aromatic rings. The quantitative estimate of drug-likeness (QED) is 0.687. The molecule has 114 valence electrons. The van der Waals surface area contributed by atoms with Crippen LogP contribution in [0.1, 0.15) is 57.3 Å². The molecule has 1 atom stereocenters. The van der Waals surface area contributed by atoms with Crippen molar-refractivity contribution in [1.29, 1.82) is 0 Å². The van der Waals surface area contributed by atoms with Crippen molar-refractivity contribution in [3.63, 3.8) is 0 Å². The Labute approximate surface area is 130 Å². The molecule has 1 aromatic heterocycles. The maximum absolute atomic E-state index is 13.7. The SMILES string of the molecule is CCC(C1CCCCC1)n1c(CCl)nc2ccc(F)cc21. The van der Waals surface area contributed by atoms with Crippen molar-refractivity contribution in [2.45, 2.75) is 57.4 Å². The summed E-state index contributed by atoms with van der Waals surface area (Å²) in [6.07, 6.45) is 7.51. The summed E-state index contributed by atoms with van der Waals surface area (Å²) in [6, 6.07) is 5.21. The van der Waals surface area contributed by atoms with Gasteiger partial charge in [-0.25, -0.2) is 9.37 Å². The first-order chi connectivity index (χ1) is 10.2. The molecule has 2 nitrogen and oxygen atoms in total. The minimum absolute atomic E-state index is 0.205. The fourth-order valence-electron chi connectivity index (χ4n) is 3.83. The molecule has 0 amide bonds. The van der Waals surface area contributed by atoms with Gasteiger partial charge < -0.3 is 4.57 Å². The number of nitrogens with zero attached hydrogens (tertiary/aromatic N) is 2. The van der Waals surface area contributed by atoms with Crippen LogP contribution in [0.15, 0.2) is 18.2 Å². The van der Waals surface area contributed by atoms with Crippen molar-refractivity contribution in [3.05, 3.63) is 29.8 Å². The number of fused-ring (bicyclic) bond motifs is 1. The Balaban J connectivity index is 2.08. The Morgan fingerprint density at radius 2 is 2.10 bits per heavy atom. The minimum atomic E-state index is -0.205. The van der Waals surface area contributed by atoms with E-state index in [1.165, 1.54) is 38.2 Å². The van der Waals surface area contributed by atoms with Crippen molar-refractivity contribution in [2.24, 2.45) is 5.92 Å². The van der Waals surface area contributed by atoms with Gasteiger partial charge in [-0.3, -0.25) is 0 Å². The van der Waals surface area contributed by atoms with E-state index in [1.807, 2.05) is 0 Å². The molecule has 0 radical (unpaired) electrons. The normalized spacial score (nSPS) is 18.2. The molecule has 1 aliphatic rings. The summed E-state index contributed by atoms with van der Waals surface area (Å²) in [7, 11) is 0. The third kappa shape index (κ3) is 2.80. The monoisotopic (exact) mass is 308 g/mol. The third-order valence-corrected chi connectivity index (χ3v) is 5.03. The van der Waals surface area contributed by atoms with Gasteiger partial charge in [-0.05, 0) is 43.4 Å². The molecule has 1 heterocycles. The van der Waals surface area contributed by atoms with E-state index in [-0.39, 0.29) is 5.82 Å². The largest absolute Gasteiger partial charge is 0.323 e. The first-order valence-corrected chi connectivity index (χ1v) is 8.50. The van der Waals surface area contributed by atoms with E-state index in [1.54, 1.807) is 12.1 Å². The van der Waals surface area contributed by atoms with Crippen LogP contribution in [0, 0.1) is 11.7 Å². The topological polar surface area (TPSA) is 17.8 Å². The van der Waals surface area contributed by atoms with Crippen molar-refractivity contribution in [3.8, 4) is 0 Å². The molecule has 0 bridgehead atoms. The zero-order valence-electron chi connectivity index (χ0n) is 12.5. The highest BCUT2D eigenvalue weighted by molar-refractivity contribution is 6.16. The molecule has 21 heavy (non-hydrogen) atoms. The molecular formula is C17H22ClFN2. The van der Waals surface area contributed by atoms with E-state index in [2.05, 4.69) is 16.5 Å². The number of alkyl halides is 1. The Morgan fingerprint density at radius 1 is 1.33 bits per heavy atom. The fourth-order valence-corrected chi connectivity index (χ4v) is 4.01. The fraction of sp³-hybridized carbons (Fsp3) is 0.588. The van der Waals surface area contributed by atoms with E-state index < -0.39 is 0 Å². The van der Waals surface area contributed by atoms with Crippen LogP contribution in [-0.2, 0) is 5.88 Å². The predicted molar refractivity (Wildman–Crippen MR) is 85.2 cm³/mol. The molecule has 1 unspecified atom stereocenters. The summed E-state index contributed by atoms with van der Waals surface area (Å²) in [5.74, 6) is 1.70. The van der Waals surface area contributed by atoms with E-state index in [4.69, 9.17) is 11.6 Å². The lowest BCUT2D eigenvalue weighted by atomic mass is 9.82. The molecule has 1 fully saturated rings. The highest BCUT2D eigenvalue weighted by Crippen LogP contribution is 2.37. The number of hydrogen-bond donors (Lipinski definition) is 0. The van der Waals surface area contributed by atoms with E-state index in [0.717, 1.165) is 23.3 Å². The Bertz CT molecular complexity index is 617.